The van der Waals surface area contributed by atoms with Crippen molar-refractivity contribution < 1.29 is 46.6 Å². The Labute approximate surface area is 155 Å². The molecular weight excluding hydrogens is 356 g/mol. The number of carboxylic acids is 2. The molecule has 0 saturated heterocycles. The van der Waals surface area contributed by atoms with Crippen LogP contribution in [0.3, 0.4) is 0 Å². The van der Waals surface area contributed by atoms with Crippen LogP contribution < -0.4 is 21.7 Å². The molecule has 0 aromatic heterocycles. The number of carbonyl (C=O) groups is 2. The highest BCUT2D eigenvalue weighted by atomic mass is 16.4. The predicted octanol–water partition coefficient (Wildman–Crippen LogP) is -3.70. The van der Waals surface area contributed by atoms with Crippen molar-refractivity contribution in [2.45, 2.75) is 24.9 Å². The van der Waals surface area contributed by atoms with Gasteiger partial charge in [0.25, 0.3) is 0 Å². The van der Waals surface area contributed by atoms with Crippen LogP contribution in [-0.2, 0) is 22.4 Å². The van der Waals surface area contributed by atoms with E-state index < -0.39 is 24.0 Å². The van der Waals surface area contributed by atoms with Crippen LogP contribution in [0, 0.1) is 0 Å². The Morgan fingerprint density at radius 2 is 1.22 bits per heavy atom. The molecule has 2 rings (SSSR count). The van der Waals surface area contributed by atoms with Gasteiger partial charge in [-0.2, -0.15) is 0 Å². The highest BCUT2D eigenvalue weighted by molar-refractivity contribution is 5.70. The van der Waals surface area contributed by atoms with Crippen molar-refractivity contribution in [2.75, 3.05) is 0 Å². The average Bonchev–Trinajstić information content (AvgIpc) is 2.60. The van der Waals surface area contributed by atoms with Crippen LogP contribution in [0.1, 0.15) is 11.1 Å². The number of benzene rings is 2. The summed E-state index contributed by atoms with van der Waals surface area (Å²) < 4.78 is 0. The number of aliphatic carboxylic acids is 2. The van der Waals surface area contributed by atoms with Crippen molar-refractivity contribution in [3.8, 4) is 17.2 Å². The molecule has 0 saturated carbocycles. The molecule has 9 N–H and O–H groups in total. The molecule has 2 aromatic carbocycles. The Hall–Kier alpha value is -3.30. The van der Waals surface area contributed by atoms with Gasteiger partial charge < -0.3 is 46.6 Å². The summed E-state index contributed by atoms with van der Waals surface area (Å²) in [6.07, 6.45) is 0.485. The number of carbonyl (C=O) groups excluding carboxylic acids is 2. The molecule has 9 nitrogen and oxygen atoms in total. The maximum Gasteiger partial charge on any atom is 0.157 e. The van der Waals surface area contributed by atoms with Crippen LogP contribution in [0.25, 0.3) is 0 Å². The molecule has 2 aromatic rings. The first-order valence-electron chi connectivity index (χ1n) is 7.96. The molecule has 9 heteroatoms. The van der Waals surface area contributed by atoms with Gasteiger partial charge in [-0.15, -0.1) is 0 Å². The lowest BCUT2D eigenvalue weighted by molar-refractivity contribution is -0.437. The standard InChI is InChI=1S/C9H11NO4.C9H11NO3/c10-6(9(13)14)3-5-1-2-7(11)8(12)4-5;10-8(9(12)13)5-6-1-3-7(11)4-2-6/h1-2,4,6,11-12H,3,10H2,(H,13,14);1-4,8,11H,5,10H2,(H,12,13). The highest BCUT2D eigenvalue weighted by Crippen LogP contribution is 2.25. The van der Waals surface area contributed by atoms with E-state index >= 15 is 0 Å². The van der Waals surface area contributed by atoms with Gasteiger partial charge in [0, 0.05) is 12.8 Å². The van der Waals surface area contributed by atoms with E-state index in [0.717, 1.165) is 5.56 Å². The van der Waals surface area contributed by atoms with Gasteiger partial charge in [0.15, 0.2) is 11.5 Å². The smallest absolute Gasteiger partial charge is 0.157 e. The van der Waals surface area contributed by atoms with Gasteiger partial charge in [-0.3, -0.25) is 0 Å². The number of aromatic hydroxyl groups is 3. The fourth-order valence-corrected chi connectivity index (χ4v) is 2.06. The Bertz CT molecular complexity index is 778. The maximum atomic E-state index is 10.4. The molecular formula is C18H22N2O7. The molecule has 146 valence electrons. The third-order valence-electron chi connectivity index (χ3n) is 3.61. The fraction of sp³-hybridized carbons (Fsp3) is 0.222. The lowest BCUT2D eigenvalue weighted by Crippen LogP contribution is -2.69. The summed E-state index contributed by atoms with van der Waals surface area (Å²) >= 11 is 0. The monoisotopic (exact) mass is 378 g/mol. The molecule has 27 heavy (non-hydrogen) atoms. The molecule has 0 aliphatic carbocycles. The summed E-state index contributed by atoms with van der Waals surface area (Å²) in [4.78, 5) is 20.7. The first-order chi connectivity index (χ1) is 12.6. The second kappa shape index (κ2) is 10.00. The molecule has 2 unspecified atom stereocenters. The number of hydrogen-bond acceptors (Lipinski definition) is 7. The van der Waals surface area contributed by atoms with Gasteiger partial charge in [0.2, 0.25) is 0 Å². The SMILES string of the molecule is [NH3+]C(Cc1ccc(O)c(O)c1)C(=O)[O-].[NH3+]C(Cc1ccc(O)cc1)C(=O)[O-]. The quantitative estimate of drug-likeness (QED) is 0.319. The lowest BCUT2D eigenvalue weighted by atomic mass is 10.1. The normalized spacial score (nSPS) is 12.4. The van der Waals surface area contributed by atoms with Crippen molar-refractivity contribution in [1.82, 2.24) is 0 Å². The van der Waals surface area contributed by atoms with Crippen LogP contribution in [0.2, 0.25) is 0 Å². The second-order valence-corrected chi connectivity index (χ2v) is 5.93. The van der Waals surface area contributed by atoms with E-state index in [2.05, 4.69) is 11.5 Å². The molecule has 0 radical (unpaired) electrons. The van der Waals surface area contributed by atoms with Gasteiger partial charge >= 0.3 is 0 Å². The highest BCUT2D eigenvalue weighted by Gasteiger charge is 2.10. The van der Waals surface area contributed by atoms with Crippen LogP contribution in [-0.4, -0.2) is 39.3 Å². The second-order valence-electron chi connectivity index (χ2n) is 5.93. The minimum Gasteiger partial charge on any atom is -0.544 e. The number of rotatable bonds is 6. The molecule has 0 bridgehead atoms. The molecule has 0 amide bonds. The van der Waals surface area contributed by atoms with Gasteiger partial charge in [0.05, 0.1) is 11.9 Å². The average molecular weight is 378 g/mol. The maximum absolute atomic E-state index is 10.4. The molecule has 0 heterocycles. The Morgan fingerprint density at radius 1 is 0.778 bits per heavy atom. The zero-order chi connectivity index (χ0) is 20.6. The van der Waals surface area contributed by atoms with Gasteiger partial charge in [0.1, 0.15) is 17.8 Å². The molecule has 0 aliphatic rings. The van der Waals surface area contributed by atoms with Gasteiger partial charge in [-0.25, -0.2) is 0 Å². The third-order valence-corrected chi connectivity index (χ3v) is 3.61. The van der Waals surface area contributed by atoms with Crippen molar-refractivity contribution in [2.24, 2.45) is 0 Å². The first kappa shape index (κ1) is 21.7. The number of phenolic OH excluding ortho intramolecular Hbond substituents is 3. The summed E-state index contributed by atoms with van der Waals surface area (Å²) in [5, 5.41) is 47.8. The minimum absolute atomic E-state index is 0.163. The zero-order valence-electron chi connectivity index (χ0n) is 14.5. The fourth-order valence-electron chi connectivity index (χ4n) is 2.06. The summed E-state index contributed by atoms with van der Waals surface area (Å²) in [5.74, 6) is -2.74. The Morgan fingerprint density at radius 3 is 1.67 bits per heavy atom. The molecule has 0 fully saturated rings. The van der Waals surface area contributed by atoms with Crippen molar-refractivity contribution in [3.63, 3.8) is 0 Å². The van der Waals surface area contributed by atoms with Crippen molar-refractivity contribution in [3.05, 3.63) is 53.6 Å². The lowest BCUT2D eigenvalue weighted by Gasteiger charge is -2.09. The topological polar surface area (TPSA) is 196 Å². The van der Waals surface area contributed by atoms with E-state index in [9.17, 15) is 19.8 Å². The van der Waals surface area contributed by atoms with Crippen LogP contribution in [0.5, 0.6) is 17.2 Å². The van der Waals surface area contributed by atoms with E-state index in [1.165, 1.54) is 30.3 Å². The molecule has 0 spiro atoms. The molecule has 2 atom stereocenters. The summed E-state index contributed by atoms with van der Waals surface area (Å²) in [5.41, 5.74) is 8.22. The van der Waals surface area contributed by atoms with E-state index in [-0.39, 0.29) is 23.7 Å². The van der Waals surface area contributed by atoms with E-state index in [1.54, 1.807) is 12.1 Å². The van der Waals surface area contributed by atoms with E-state index in [0.29, 0.717) is 12.0 Å². The minimum atomic E-state index is -1.24. The summed E-state index contributed by atoms with van der Waals surface area (Å²) in [7, 11) is 0. The van der Waals surface area contributed by atoms with Crippen LogP contribution in [0.4, 0.5) is 0 Å². The van der Waals surface area contributed by atoms with E-state index in [1.807, 2.05) is 0 Å². The predicted molar refractivity (Wildman–Crippen MR) is 88.7 cm³/mol. The number of phenols is 3. The van der Waals surface area contributed by atoms with E-state index in [4.69, 9.17) is 15.3 Å². The number of quaternary nitrogens is 2. The van der Waals surface area contributed by atoms with Crippen molar-refractivity contribution >= 4 is 11.9 Å². The number of hydrogen-bond donors (Lipinski definition) is 5. The van der Waals surface area contributed by atoms with Gasteiger partial charge in [-0.05, 0) is 35.4 Å². The molecule has 0 aliphatic heterocycles. The Kier molecular flexibility index (Phi) is 8.05. The Balaban J connectivity index is 0.000000271. The third kappa shape index (κ3) is 7.63. The summed E-state index contributed by atoms with van der Waals surface area (Å²) in [6.45, 7) is 0. The van der Waals surface area contributed by atoms with Crippen LogP contribution in [0.15, 0.2) is 42.5 Å². The largest absolute Gasteiger partial charge is 0.544 e. The van der Waals surface area contributed by atoms with Gasteiger partial charge in [-0.1, -0.05) is 18.2 Å². The first-order valence-corrected chi connectivity index (χ1v) is 7.96. The number of carboxylic acid groups (broad SMARTS) is 2. The van der Waals surface area contributed by atoms with Crippen molar-refractivity contribution in [1.29, 1.82) is 0 Å². The van der Waals surface area contributed by atoms with Crippen LogP contribution >= 0.6 is 0 Å². The zero-order valence-corrected chi connectivity index (χ0v) is 14.5. The summed E-state index contributed by atoms with van der Waals surface area (Å²) in [6, 6.07) is 8.87.